The molecule has 0 spiro atoms. The molecule has 2 aromatic rings. The molecule has 0 atom stereocenters. The highest BCUT2D eigenvalue weighted by Crippen LogP contribution is 2.22. The number of primary amides is 1. The third kappa shape index (κ3) is 3.08. The van der Waals surface area contributed by atoms with Gasteiger partial charge in [-0.15, -0.1) is 0 Å². The van der Waals surface area contributed by atoms with E-state index in [1.807, 2.05) is 13.8 Å². The smallest absolute Gasteiger partial charge is 0.252 e. The maximum absolute atomic E-state index is 11.6. The highest BCUT2D eigenvalue weighted by molar-refractivity contribution is 5.97. The van der Waals surface area contributed by atoms with Gasteiger partial charge in [0.15, 0.2) is 0 Å². The first-order valence-electron chi connectivity index (χ1n) is 7.61. The van der Waals surface area contributed by atoms with E-state index >= 15 is 0 Å². The number of pyridine rings is 1. The van der Waals surface area contributed by atoms with E-state index in [2.05, 4.69) is 24.8 Å². The van der Waals surface area contributed by atoms with Crippen molar-refractivity contribution >= 4 is 17.5 Å². The molecule has 0 aliphatic carbocycles. The van der Waals surface area contributed by atoms with Crippen molar-refractivity contribution in [2.45, 2.75) is 13.8 Å². The van der Waals surface area contributed by atoms with Crippen molar-refractivity contribution in [3.8, 4) is 0 Å². The number of aromatic nitrogens is 3. The number of anilines is 2. The normalized spacial score (nSPS) is 14.9. The Morgan fingerprint density at radius 3 is 2.39 bits per heavy atom. The molecule has 7 heteroatoms. The van der Waals surface area contributed by atoms with Crippen molar-refractivity contribution < 1.29 is 4.79 Å². The first-order valence-corrected chi connectivity index (χ1v) is 7.61. The summed E-state index contributed by atoms with van der Waals surface area (Å²) in [6.45, 7) is 7.03. The maximum Gasteiger partial charge on any atom is 0.252 e. The molecule has 0 aromatic carbocycles. The van der Waals surface area contributed by atoms with Crippen LogP contribution < -0.4 is 15.5 Å². The van der Waals surface area contributed by atoms with Crippen LogP contribution in [-0.4, -0.2) is 47.0 Å². The molecule has 3 heterocycles. The Morgan fingerprint density at radius 1 is 1.09 bits per heavy atom. The van der Waals surface area contributed by atoms with Crippen LogP contribution in [0.3, 0.4) is 0 Å². The van der Waals surface area contributed by atoms with E-state index in [1.165, 1.54) is 0 Å². The predicted molar refractivity (Wildman–Crippen MR) is 88.7 cm³/mol. The van der Waals surface area contributed by atoms with Crippen LogP contribution in [0.5, 0.6) is 0 Å². The summed E-state index contributed by atoms with van der Waals surface area (Å²) < 4.78 is 0. The second kappa shape index (κ2) is 6.20. The molecule has 1 saturated heterocycles. The van der Waals surface area contributed by atoms with E-state index in [9.17, 15) is 4.79 Å². The van der Waals surface area contributed by atoms with E-state index < -0.39 is 5.91 Å². The minimum Gasteiger partial charge on any atom is -0.365 e. The van der Waals surface area contributed by atoms with Gasteiger partial charge in [-0.05, 0) is 26.0 Å². The van der Waals surface area contributed by atoms with Crippen LogP contribution >= 0.6 is 0 Å². The van der Waals surface area contributed by atoms with Gasteiger partial charge >= 0.3 is 0 Å². The highest BCUT2D eigenvalue weighted by atomic mass is 16.1. The molecule has 120 valence electrons. The summed E-state index contributed by atoms with van der Waals surface area (Å²) in [5, 5.41) is 0. The van der Waals surface area contributed by atoms with Crippen LogP contribution in [0.4, 0.5) is 11.6 Å². The molecule has 2 N–H and O–H groups in total. The Labute approximate surface area is 135 Å². The topological polar surface area (TPSA) is 88.2 Å². The lowest BCUT2D eigenvalue weighted by Gasteiger charge is -2.37. The molecule has 3 rings (SSSR count). The van der Waals surface area contributed by atoms with Crippen LogP contribution in [-0.2, 0) is 0 Å². The van der Waals surface area contributed by atoms with E-state index in [0.717, 1.165) is 43.4 Å². The lowest BCUT2D eigenvalue weighted by atomic mass is 10.2. The zero-order valence-corrected chi connectivity index (χ0v) is 13.4. The molecular formula is C16H20N6O. The number of nitrogens with two attached hydrogens (primary N) is 1. The number of hydrogen-bond acceptors (Lipinski definition) is 6. The van der Waals surface area contributed by atoms with Gasteiger partial charge in [0, 0.05) is 38.6 Å². The van der Waals surface area contributed by atoms with E-state index in [-0.39, 0.29) is 0 Å². The average Bonchev–Trinajstić information content (AvgIpc) is 2.57. The summed E-state index contributed by atoms with van der Waals surface area (Å²) in [5.41, 5.74) is 7.75. The Hall–Kier alpha value is -2.70. The van der Waals surface area contributed by atoms with E-state index in [4.69, 9.17) is 5.73 Å². The fourth-order valence-electron chi connectivity index (χ4n) is 2.80. The molecule has 7 nitrogen and oxygen atoms in total. The monoisotopic (exact) mass is 312 g/mol. The largest absolute Gasteiger partial charge is 0.365 e. The maximum atomic E-state index is 11.6. The van der Waals surface area contributed by atoms with Gasteiger partial charge in [0.1, 0.15) is 11.6 Å². The number of amides is 1. The highest BCUT2D eigenvalue weighted by Gasteiger charge is 2.23. The van der Waals surface area contributed by atoms with Crippen LogP contribution in [0.25, 0.3) is 0 Å². The summed E-state index contributed by atoms with van der Waals surface area (Å²) >= 11 is 0. The Balaban J connectivity index is 1.76. The fraction of sp³-hybridized carbons (Fsp3) is 0.375. The molecule has 1 aliphatic rings. The Kier molecular flexibility index (Phi) is 4.10. The van der Waals surface area contributed by atoms with Crippen LogP contribution in [0.1, 0.15) is 21.7 Å². The number of rotatable bonds is 3. The summed E-state index contributed by atoms with van der Waals surface area (Å²) in [6.07, 6.45) is 3.46. The summed E-state index contributed by atoms with van der Waals surface area (Å²) in [6, 6.07) is 3.44. The van der Waals surface area contributed by atoms with Gasteiger partial charge in [-0.2, -0.15) is 0 Å². The molecule has 0 unspecified atom stereocenters. The van der Waals surface area contributed by atoms with Gasteiger partial charge in [0.2, 0.25) is 0 Å². The van der Waals surface area contributed by atoms with Crippen molar-refractivity contribution in [1.82, 2.24) is 15.0 Å². The van der Waals surface area contributed by atoms with E-state index in [1.54, 1.807) is 24.5 Å². The van der Waals surface area contributed by atoms with Crippen LogP contribution in [0.2, 0.25) is 0 Å². The van der Waals surface area contributed by atoms with Gasteiger partial charge in [-0.25, -0.2) is 9.97 Å². The second-order valence-corrected chi connectivity index (χ2v) is 5.63. The minimum atomic E-state index is -0.448. The van der Waals surface area contributed by atoms with Gasteiger partial charge in [-0.3, -0.25) is 9.78 Å². The standard InChI is InChI=1S/C16H20N6O/c1-11-10-19-12(2)15(20-11)21-6-8-22(9-7-21)16-13(14(17)23)4-3-5-18-16/h3-5,10H,6-9H2,1-2H3,(H2,17,23). The molecular weight excluding hydrogens is 292 g/mol. The molecule has 2 aromatic heterocycles. The average molecular weight is 312 g/mol. The summed E-state index contributed by atoms with van der Waals surface area (Å²) in [5.74, 6) is 1.14. The van der Waals surface area contributed by atoms with Crippen molar-refractivity contribution in [2.75, 3.05) is 36.0 Å². The zero-order chi connectivity index (χ0) is 16.4. The molecule has 1 amide bonds. The van der Waals surface area contributed by atoms with Crippen LogP contribution in [0.15, 0.2) is 24.5 Å². The molecule has 1 aliphatic heterocycles. The first kappa shape index (κ1) is 15.2. The van der Waals surface area contributed by atoms with Gasteiger partial charge in [0.25, 0.3) is 5.91 Å². The van der Waals surface area contributed by atoms with Crippen molar-refractivity contribution in [1.29, 1.82) is 0 Å². The number of carbonyl (C=O) groups excluding carboxylic acids is 1. The van der Waals surface area contributed by atoms with Crippen molar-refractivity contribution in [3.63, 3.8) is 0 Å². The summed E-state index contributed by atoms with van der Waals surface area (Å²) in [7, 11) is 0. The third-order valence-electron chi connectivity index (χ3n) is 3.98. The van der Waals surface area contributed by atoms with Crippen LogP contribution in [0, 0.1) is 13.8 Å². The lowest BCUT2D eigenvalue weighted by molar-refractivity contribution is 0.100. The molecule has 1 fully saturated rings. The molecule has 0 bridgehead atoms. The fourth-order valence-corrected chi connectivity index (χ4v) is 2.80. The van der Waals surface area contributed by atoms with Gasteiger partial charge in [0.05, 0.1) is 17.0 Å². The Bertz CT molecular complexity index is 724. The van der Waals surface area contributed by atoms with Crippen molar-refractivity contribution in [3.05, 3.63) is 41.5 Å². The molecule has 0 radical (unpaired) electrons. The first-order chi connectivity index (χ1) is 11.1. The number of piperazine rings is 1. The zero-order valence-electron chi connectivity index (χ0n) is 13.4. The van der Waals surface area contributed by atoms with Gasteiger partial charge < -0.3 is 15.5 Å². The number of hydrogen-bond donors (Lipinski definition) is 1. The quantitative estimate of drug-likeness (QED) is 0.906. The lowest BCUT2D eigenvalue weighted by Crippen LogP contribution is -2.48. The molecule has 0 saturated carbocycles. The number of nitrogens with zero attached hydrogens (tertiary/aromatic N) is 5. The minimum absolute atomic E-state index is 0.448. The number of carbonyl (C=O) groups is 1. The molecule has 23 heavy (non-hydrogen) atoms. The number of aryl methyl sites for hydroxylation is 2. The summed E-state index contributed by atoms with van der Waals surface area (Å²) in [4.78, 5) is 29.2. The van der Waals surface area contributed by atoms with Crippen molar-refractivity contribution in [2.24, 2.45) is 5.73 Å². The SMILES string of the molecule is Cc1cnc(C)c(N2CCN(c3ncccc3C(N)=O)CC2)n1. The Morgan fingerprint density at radius 2 is 1.74 bits per heavy atom. The third-order valence-corrected chi connectivity index (χ3v) is 3.98. The predicted octanol–water partition coefficient (Wildman–Crippen LogP) is 0.914. The van der Waals surface area contributed by atoms with E-state index in [0.29, 0.717) is 11.4 Å². The second-order valence-electron chi connectivity index (χ2n) is 5.63. The van der Waals surface area contributed by atoms with Gasteiger partial charge in [-0.1, -0.05) is 0 Å².